The van der Waals surface area contributed by atoms with Gasteiger partial charge < -0.3 is 10.0 Å². The average molecular weight is 449 g/mol. The van der Waals surface area contributed by atoms with Gasteiger partial charge in [-0.15, -0.1) is 0 Å². The van der Waals surface area contributed by atoms with Crippen LogP contribution in [0.15, 0.2) is 53.7 Å². The zero-order valence-electron chi connectivity index (χ0n) is 15.5. The van der Waals surface area contributed by atoms with Crippen LogP contribution in [0.1, 0.15) is 11.1 Å². The maximum Gasteiger partial charge on any atom is 0.407 e. The van der Waals surface area contributed by atoms with E-state index in [9.17, 15) is 13.2 Å². The molecule has 0 saturated carbocycles. The van der Waals surface area contributed by atoms with E-state index in [1.54, 1.807) is 0 Å². The van der Waals surface area contributed by atoms with Crippen LogP contribution in [0.5, 0.6) is 0 Å². The Morgan fingerprint density at radius 3 is 2.73 bits per heavy atom. The van der Waals surface area contributed by atoms with Gasteiger partial charge in [0.1, 0.15) is 10.8 Å². The zero-order chi connectivity index (χ0) is 22.1. The van der Waals surface area contributed by atoms with Gasteiger partial charge in [0.15, 0.2) is 5.82 Å². The van der Waals surface area contributed by atoms with Crippen LogP contribution in [-0.4, -0.2) is 40.5 Å². The van der Waals surface area contributed by atoms with E-state index >= 15 is 4.39 Å². The van der Waals surface area contributed by atoms with Crippen LogP contribution >= 0.6 is 11.6 Å². The van der Waals surface area contributed by atoms with Crippen LogP contribution in [0, 0.1) is 17.1 Å². The molecule has 8 nitrogen and oxygen atoms in total. The minimum atomic E-state index is -4.35. The van der Waals surface area contributed by atoms with Crippen molar-refractivity contribution in [1.82, 2.24) is 13.9 Å². The van der Waals surface area contributed by atoms with Crippen LogP contribution in [0.2, 0.25) is 5.15 Å². The Balaban J connectivity index is 2.28. The van der Waals surface area contributed by atoms with Gasteiger partial charge in [0, 0.05) is 30.6 Å². The summed E-state index contributed by atoms with van der Waals surface area (Å²) in [6.45, 7) is -0.396. The highest BCUT2D eigenvalue weighted by Gasteiger charge is 2.29. The Kier molecular flexibility index (Phi) is 5.78. The Morgan fingerprint density at radius 1 is 1.37 bits per heavy atom. The van der Waals surface area contributed by atoms with Crippen molar-refractivity contribution < 1.29 is 22.7 Å². The number of aromatic nitrogens is 2. The molecule has 30 heavy (non-hydrogen) atoms. The first-order valence-electron chi connectivity index (χ1n) is 8.37. The van der Waals surface area contributed by atoms with Gasteiger partial charge in [0.25, 0.3) is 10.0 Å². The number of benzene rings is 1. The lowest BCUT2D eigenvalue weighted by molar-refractivity contribution is 0.153. The third-order valence-electron chi connectivity index (χ3n) is 4.25. The Labute approximate surface area is 176 Å². The predicted molar refractivity (Wildman–Crippen MR) is 106 cm³/mol. The van der Waals surface area contributed by atoms with Crippen molar-refractivity contribution in [3.8, 4) is 17.3 Å². The second-order valence-corrected chi connectivity index (χ2v) is 8.41. The predicted octanol–water partition coefficient (Wildman–Crippen LogP) is 3.56. The van der Waals surface area contributed by atoms with Gasteiger partial charge in [-0.05, 0) is 30.3 Å². The largest absolute Gasteiger partial charge is 0.465 e. The SMILES string of the molecule is CN(Cc1cn(S(=O)(=O)c2cccc(C#N)c2)c(-c2cccnc2Cl)c1F)C(=O)O. The van der Waals surface area contributed by atoms with Crippen LogP contribution in [0.3, 0.4) is 0 Å². The maximum atomic E-state index is 15.3. The summed E-state index contributed by atoms with van der Waals surface area (Å²) < 4.78 is 42.6. The zero-order valence-corrected chi connectivity index (χ0v) is 17.0. The minimum Gasteiger partial charge on any atom is -0.465 e. The molecule has 0 aliphatic heterocycles. The fourth-order valence-electron chi connectivity index (χ4n) is 2.77. The molecule has 0 bridgehead atoms. The molecule has 2 heterocycles. The number of rotatable bonds is 5. The summed E-state index contributed by atoms with van der Waals surface area (Å²) in [5.74, 6) is -0.946. The van der Waals surface area contributed by atoms with Gasteiger partial charge in [-0.2, -0.15) is 5.26 Å². The molecule has 0 radical (unpaired) electrons. The van der Waals surface area contributed by atoms with Crippen molar-refractivity contribution in [3.63, 3.8) is 0 Å². The van der Waals surface area contributed by atoms with Crippen molar-refractivity contribution in [3.05, 3.63) is 70.9 Å². The van der Waals surface area contributed by atoms with E-state index in [0.717, 1.165) is 17.2 Å². The summed E-state index contributed by atoms with van der Waals surface area (Å²) in [4.78, 5) is 15.6. The average Bonchev–Trinajstić information content (AvgIpc) is 3.05. The van der Waals surface area contributed by atoms with E-state index in [-0.39, 0.29) is 32.4 Å². The van der Waals surface area contributed by atoms with Crippen LogP contribution in [0.25, 0.3) is 11.3 Å². The number of nitrogens with zero attached hydrogens (tertiary/aromatic N) is 4. The fraction of sp³-hybridized carbons (Fsp3) is 0.105. The van der Waals surface area contributed by atoms with Gasteiger partial charge >= 0.3 is 6.09 Å². The highest BCUT2D eigenvalue weighted by molar-refractivity contribution is 7.90. The van der Waals surface area contributed by atoms with E-state index in [1.165, 1.54) is 43.6 Å². The van der Waals surface area contributed by atoms with E-state index in [1.807, 2.05) is 6.07 Å². The summed E-state index contributed by atoms with van der Waals surface area (Å²) in [5.41, 5.74) is -0.435. The molecule has 2 aromatic heterocycles. The molecular weight excluding hydrogens is 435 g/mol. The molecule has 0 spiro atoms. The van der Waals surface area contributed by atoms with E-state index < -0.39 is 28.5 Å². The number of nitriles is 1. The highest BCUT2D eigenvalue weighted by atomic mass is 35.5. The number of carboxylic acid groups (broad SMARTS) is 1. The molecule has 0 unspecified atom stereocenters. The van der Waals surface area contributed by atoms with Gasteiger partial charge in [-0.3, -0.25) is 0 Å². The van der Waals surface area contributed by atoms with Crippen LogP contribution < -0.4 is 0 Å². The minimum absolute atomic E-state index is 0.0147. The summed E-state index contributed by atoms with van der Waals surface area (Å²) >= 11 is 6.08. The standard InChI is InChI=1S/C19H14ClFN4O4S/c1-24(19(26)27)10-13-11-25(17(16(13)21)15-6-3-7-23-18(15)20)30(28,29)14-5-2-4-12(8-14)9-22/h2-8,11H,10H2,1H3,(H,26,27). The molecular formula is C19H14ClFN4O4S. The summed E-state index contributed by atoms with van der Waals surface area (Å²) in [6, 6.07) is 9.96. The second-order valence-electron chi connectivity index (χ2n) is 6.24. The number of carbonyl (C=O) groups is 1. The highest BCUT2D eigenvalue weighted by Crippen LogP contribution is 2.34. The monoisotopic (exact) mass is 448 g/mol. The molecule has 11 heteroatoms. The number of halogens is 2. The van der Waals surface area contributed by atoms with Crippen molar-refractivity contribution in [2.45, 2.75) is 11.4 Å². The Morgan fingerprint density at radius 2 is 2.10 bits per heavy atom. The van der Waals surface area contributed by atoms with Crippen LogP contribution in [-0.2, 0) is 16.6 Å². The molecule has 3 aromatic rings. The molecule has 0 aliphatic rings. The van der Waals surface area contributed by atoms with Crippen LogP contribution in [0.4, 0.5) is 9.18 Å². The first-order valence-corrected chi connectivity index (χ1v) is 10.2. The van der Waals surface area contributed by atoms with Gasteiger partial charge in [-0.25, -0.2) is 26.6 Å². The summed E-state index contributed by atoms with van der Waals surface area (Å²) in [5, 5.41) is 18.0. The van der Waals surface area contributed by atoms with Crippen molar-refractivity contribution in [1.29, 1.82) is 5.26 Å². The number of hydrogen-bond acceptors (Lipinski definition) is 5. The molecule has 0 fully saturated rings. The fourth-order valence-corrected chi connectivity index (χ4v) is 4.42. The number of amides is 1. The molecule has 1 amide bonds. The number of hydrogen-bond donors (Lipinski definition) is 1. The lowest BCUT2D eigenvalue weighted by Crippen LogP contribution is -2.24. The topological polar surface area (TPSA) is 116 Å². The van der Waals surface area contributed by atoms with Crippen molar-refractivity contribution in [2.75, 3.05) is 7.05 Å². The third kappa shape index (κ3) is 3.85. The van der Waals surface area contributed by atoms with Crippen molar-refractivity contribution in [2.24, 2.45) is 0 Å². The lowest BCUT2D eigenvalue weighted by atomic mass is 10.2. The third-order valence-corrected chi connectivity index (χ3v) is 6.21. The molecule has 0 atom stereocenters. The molecule has 0 saturated heterocycles. The van der Waals surface area contributed by atoms with E-state index in [0.29, 0.717) is 3.97 Å². The van der Waals surface area contributed by atoms with Gasteiger partial charge in [0.2, 0.25) is 0 Å². The molecule has 0 aliphatic carbocycles. The molecule has 3 rings (SSSR count). The molecule has 1 N–H and O–H groups in total. The maximum absolute atomic E-state index is 15.3. The smallest absolute Gasteiger partial charge is 0.407 e. The first kappa shape index (κ1) is 21.3. The van der Waals surface area contributed by atoms with E-state index in [4.69, 9.17) is 22.0 Å². The molecule has 154 valence electrons. The number of pyridine rings is 1. The first-order chi connectivity index (χ1) is 14.2. The summed E-state index contributed by atoms with van der Waals surface area (Å²) in [6.07, 6.45) is 1.05. The quantitative estimate of drug-likeness (QED) is 0.596. The van der Waals surface area contributed by atoms with Gasteiger partial charge in [-0.1, -0.05) is 17.7 Å². The van der Waals surface area contributed by atoms with Crippen molar-refractivity contribution >= 4 is 27.7 Å². The molecule has 1 aromatic carbocycles. The summed E-state index contributed by atoms with van der Waals surface area (Å²) in [7, 11) is -3.13. The second kappa shape index (κ2) is 8.14. The Bertz CT molecular complexity index is 1280. The lowest BCUT2D eigenvalue weighted by Gasteiger charge is -2.11. The van der Waals surface area contributed by atoms with Gasteiger partial charge in [0.05, 0.1) is 23.1 Å². The Hall–Kier alpha value is -3.42. The normalized spacial score (nSPS) is 11.1. The van der Waals surface area contributed by atoms with E-state index in [2.05, 4.69) is 4.98 Å².